The number of Topliss-reactive ketones (excluding diaryl/α,β-unsaturated/α-hetero) is 1. The highest BCUT2D eigenvalue weighted by Crippen LogP contribution is 2.44. The van der Waals surface area contributed by atoms with E-state index in [-0.39, 0.29) is 18.0 Å². The van der Waals surface area contributed by atoms with E-state index in [1.54, 1.807) is 24.8 Å². The van der Waals surface area contributed by atoms with Crippen LogP contribution in [0.3, 0.4) is 0 Å². The third-order valence-corrected chi connectivity index (χ3v) is 14.9. The van der Waals surface area contributed by atoms with Crippen molar-refractivity contribution in [3.8, 4) is 34.4 Å². The van der Waals surface area contributed by atoms with E-state index in [9.17, 15) is 0 Å². The van der Waals surface area contributed by atoms with Gasteiger partial charge >= 0.3 is 0 Å². The Bertz CT molecular complexity index is 2870. The van der Waals surface area contributed by atoms with Crippen molar-refractivity contribution < 1.29 is 23.7 Å². The molecular formula is C61H62N8O5. The summed E-state index contributed by atoms with van der Waals surface area (Å²) in [5.41, 5.74) is 8.52. The van der Waals surface area contributed by atoms with Crippen LogP contribution in [0.2, 0.25) is 0 Å². The van der Waals surface area contributed by atoms with Gasteiger partial charge in [-0.2, -0.15) is 0 Å². The molecule has 13 heteroatoms. The number of nitrogens with zero attached hydrogens (tertiary/aromatic N) is 8. The molecule has 0 saturated carbocycles. The van der Waals surface area contributed by atoms with Crippen molar-refractivity contribution in [2.24, 2.45) is 0 Å². The highest BCUT2D eigenvalue weighted by molar-refractivity contribution is 5.94. The number of carbonyl (C=O) groups excluding carboxylic acids is 1. The van der Waals surface area contributed by atoms with E-state index in [2.05, 4.69) is 148 Å². The zero-order chi connectivity index (χ0) is 49.6. The molecule has 74 heavy (non-hydrogen) atoms. The number of carbonyl (C=O) groups is 1. The van der Waals surface area contributed by atoms with Crippen molar-refractivity contribution >= 4 is 17.2 Å². The SMILES string of the molecule is O=C(C(c1cccc(N2CC(Oc3ccc(COc4cccnc4)cc3)C2)c1-n1cccc1)N1CCCC1)C(c1cccc(N2CC(Oc3ccc(COc4cccnc4)cc3)C2)c1-n1cccc1)N1CCCC1. The molecule has 0 amide bonds. The first-order chi connectivity index (χ1) is 36.6. The van der Waals surface area contributed by atoms with Gasteiger partial charge in [0.05, 0.1) is 73.4 Å². The van der Waals surface area contributed by atoms with Crippen molar-refractivity contribution in [3.63, 3.8) is 0 Å². The summed E-state index contributed by atoms with van der Waals surface area (Å²) >= 11 is 0. The van der Waals surface area contributed by atoms with Crippen LogP contribution < -0.4 is 28.7 Å². The lowest BCUT2D eigenvalue weighted by atomic mass is 9.88. The topological polar surface area (TPSA) is 103 Å². The quantitative estimate of drug-likeness (QED) is 0.0729. The van der Waals surface area contributed by atoms with E-state index in [4.69, 9.17) is 18.9 Å². The largest absolute Gasteiger partial charge is 0.487 e. The maximum Gasteiger partial charge on any atom is 0.176 e. The third-order valence-electron chi connectivity index (χ3n) is 14.9. The van der Waals surface area contributed by atoms with Gasteiger partial charge in [0.25, 0.3) is 0 Å². The van der Waals surface area contributed by atoms with Crippen molar-refractivity contribution in [1.29, 1.82) is 0 Å². The first kappa shape index (κ1) is 47.2. The number of likely N-dealkylation sites (tertiary alicyclic amines) is 2. The molecule has 0 N–H and O–H groups in total. The molecule has 4 aliphatic rings. The highest BCUT2D eigenvalue weighted by Gasteiger charge is 2.43. The number of hydrogen-bond acceptors (Lipinski definition) is 11. The van der Waals surface area contributed by atoms with Crippen LogP contribution in [0.4, 0.5) is 11.4 Å². The van der Waals surface area contributed by atoms with Gasteiger partial charge in [-0.1, -0.05) is 48.5 Å². The molecule has 2 unspecified atom stereocenters. The van der Waals surface area contributed by atoms with Crippen molar-refractivity contribution in [1.82, 2.24) is 28.9 Å². The minimum absolute atomic E-state index is 0.0209. The minimum atomic E-state index is -0.467. The number of para-hydroxylation sites is 2. The smallest absolute Gasteiger partial charge is 0.176 e. The van der Waals surface area contributed by atoms with Gasteiger partial charge in [0.1, 0.15) is 48.4 Å². The number of benzene rings is 4. The lowest BCUT2D eigenvalue weighted by molar-refractivity contribution is -0.129. The molecular weight excluding hydrogens is 925 g/mol. The fourth-order valence-electron chi connectivity index (χ4n) is 11.1. The third kappa shape index (κ3) is 10.2. The average molecular weight is 987 g/mol. The molecule has 12 rings (SSSR count). The van der Waals surface area contributed by atoms with Crippen LogP contribution >= 0.6 is 0 Å². The van der Waals surface area contributed by atoms with Crippen LogP contribution in [0, 0.1) is 0 Å². The predicted molar refractivity (Wildman–Crippen MR) is 287 cm³/mol. The molecule has 4 aromatic heterocycles. The lowest BCUT2D eigenvalue weighted by Gasteiger charge is -2.43. The Morgan fingerprint density at radius 3 is 1.26 bits per heavy atom. The standard InChI is InChI=1S/C61H62N8O5/c70-61(59(66-33-5-6-34-66)53-15-9-17-55(57(53)64-29-1-2-30-64)68-39-51(40-68)73-47-23-19-45(20-24-47)43-71-49-13-11-27-62-37-49)60(67-35-7-8-36-67)54-16-10-18-56(58(54)65-31-3-4-32-65)69-41-52(42-69)74-48-25-21-46(22-26-48)44-72-50-14-12-28-63-38-50/h1-4,9-32,37-38,51-52,59-60H,5-8,33-36,39-44H2. The molecule has 4 aliphatic heterocycles. The summed E-state index contributed by atoms with van der Waals surface area (Å²) in [7, 11) is 0. The molecule has 376 valence electrons. The van der Waals surface area contributed by atoms with Crippen LogP contribution in [0.25, 0.3) is 11.4 Å². The maximum atomic E-state index is 16.4. The summed E-state index contributed by atoms with van der Waals surface area (Å²) in [6.07, 6.45) is 19.7. The number of pyridine rings is 2. The summed E-state index contributed by atoms with van der Waals surface area (Å²) in [4.78, 5) is 34.4. The summed E-state index contributed by atoms with van der Waals surface area (Å²) in [5, 5.41) is 0. The molecule has 4 saturated heterocycles. The van der Waals surface area contributed by atoms with Gasteiger partial charge < -0.3 is 37.9 Å². The Kier molecular flexibility index (Phi) is 13.8. The fourth-order valence-corrected chi connectivity index (χ4v) is 11.1. The number of anilines is 2. The zero-order valence-corrected chi connectivity index (χ0v) is 41.6. The maximum absolute atomic E-state index is 16.4. The molecule has 13 nitrogen and oxygen atoms in total. The van der Waals surface area contributed by atoms with Crippen LogP contribution in [0.15, 0.2) is 183 Å². The first-order valence-corrected chi connectivity index (χ1v) is 26.2. The Hall–Kier alpha value is -7.87. The molecule has 2 atom stereocenters. The van der Waals surface area contributed by atoms with E-state index in [0.717, 1.165) is 146 Å². The zero-order valence-electron chi connectivity index (χ0n) is 41.6. The number of rotatable bonds is 20. The van der Waals surface area contributed by atoms with Gasteiger partial charge in [-0.25, -0.2) is 0 Å². The van der Waals surface area contributed by atoms with E-state index in [1.807, 2.05) is 48.5 Å². The Balaban J connectivity index is 0.805. The number of ketones is 1. The summed E-state index contributed by atoms with van der Waals surface area (Å²) in [6.45, 7) is 7.31. The second-order valence-electron chi connectivity index (χ2n) is 19.8. The van der Waals surface area contributed by atoms with Crippen molar-refractivity contribution in [3.05, 3.63) is 205 Å². The molecule has 0 spiro atoms. The average Bonchev–Trinajstić information content (AvgIpc) is 4.30. The van der Waals surface area contributed by atoms with E-state index in [1.165, 1.54) is 0 Å². The molecule has 8 aromatic rings. The second kappa shape index (κ2) is 21.7. The molecule has 4 fully saturated rings. The van der Waals surface area contributed by atoms with E-state index >= 15 is 4.79 Å². The van der Waals surface area contributed by atoms with Crippen LogP contribution in [0.5, 0.6) is 23.0 Å². The minimum Gasteiger partial charge on any atom is -0.487 e. The molecule has 4 aromatic carbocycles. The lowest BCUT2D eigenvalue weighted by Crippen LogP contribution is -2.54. The molecule has 0 radical (unpaired) electrons. The monoisotopic (exact) mass is 986 g/mol. The van der Waals surface area contributed by atoms with Gasteiger partial charge in [-0.15, -0.1) is 0 Å². The highest BCUT2D eigenvalue weighted by atomic mass is 16.5. The van der Waals surface area contributed by atoms with Gasteiger partial charge in [-0.3, -0.25) is 24.6 Å². The Morgan fingerprint density at radius 2 is 0.878 bits per heavy atom. The van der Waals surface area contributed by atoms with Gasteiger partial charge in [-0.05, 0) is 148 Å². The molecule has 8 heterocycles. The number of hydrogen-bond donors (Lipinski definition) is 0. The predicted octanol–water partition coefficient (Wildman–Crippen LogP) is 10.3. The summed E-state index contributed by atoms with van der Waals surface area (Å²) in [5.74, 6) is 3.38. The van der Waals surface area contributed by atoms with Gasteiger partial charge in [0.2, 0.25) is 0 Å². The Morgan fingerprint density at radius 1 is 0.473 bits per heavy atom. The Labute approximate surface area is 433 Å². The molecule has 0 bridgehead atoms. The van der Waals surface area contributed by atoms with Gasteiger partial charge in [0, 0.05) is 48.3 Å². The van der Waals surface area contributed by atoms with E-state index in [0.29, 0.717) is 13.2 Å². The summed E-state index contributed by atoms with van der Waals surface area (Å²) < 4.78 is 29.3. The number of ether oxygens (including phenoxy) is 4. The van der Waals surface area contributed by atoms with Crippen LogP contribution in [-0.4, -0.2) is 99.3 Å². The first-order valence-electron chi connectivity index (χ1n) is 26.2. The second-order valence-corrected chi connectivity index (χ2v) is 19.8. The normalized spacial score (nSPS) is 17.1. The van der Waals surface area contributed by atoms with Gasteiger partial charge in [0.15, 0.2) is 5.78 Å². The van der Waals surface area contributed by atoms with Crippen LogP contribution in [-0.2, 0) is 18.0 Å². The van der Waals surface area contributed by atoms with Crippen LogP contribution in [0.1, 0.15) is 60.0 Å². The van der Waals surface area contributed by atoms with Crippen molar-refractivity contribution in [2.45, 2.75) is 63.2 Å². The number of aromatic nitrogens is 4. The summed E-state index contributed by atoms with van der Waals surface area (Å²) in [6, 6.07) is 44.4. The fraction of sp³-hybridized carbons (Fsp3) is 0.295. The molecule has 0 aliphatic carbocycles. The van der Waals surface area contributed by atoms with Crippen molar-refractivity contribution in [2.75, 3.05) is 62.2 Å². The van der Waals surface area contributed by atoms with E-state index < -0.39 is 12.1 Å².